The molecule has 1 aromatic carbocycles. The van der Waals surface area contributed by atoms with Gasteiger partial charge in [0.15, 0.2) is 0 Å². The molecular formula is C13H17F2N. The van der Waals surface area contributed by atoms with E-state index in [2.05, 4.69) is 0 Å². The Kier molecular flexibility index (Phi) is 3.54. The Morgan fingerprint density at radius 3 is 2.62 bits per heavy atom. The molecule has 16 heavy (non-hydrogen) atoms. The number of benzene rings is 1. The van der Waals surface area contributed by atoms with E-state index in [1.807, 2.05) is 0 Å². The molecule has 1 atom stereocenters. The van der Waals surface area contributed by atoms with Crippen molar-refractivity contribution in [1.29, 1.82) is 0 Å². The highest BCUT2D eigenvalue weighted by molar-refractivity contribution is 5.20. The van der Waals surface area contributed by atoms with E-state index >= 15 is 0 Å². The summed E-state index contributed by atoms with van der Waals surface area (Å²) in [4.78, 5) is 0. The second-order valence-corrected chi connectivity index (χ2v) is 4.65. The fourth-order valence-electron chi connectivity index (χ4n) is 2.51. The lowest BCUT2D eigenvalue weighted by molar-refractivity contribution is 0.422. The standard InChI is InChI=1S/C13H17F2N/c14-11-5-6-12(15)10(7-11)8-13(16)9-3-1-2-4-9/h5-7,9,13H,1-4,8,16H2. The largest absolute Gasteiger partial charge is 0.327 e. The van der Waals surface area contributed by atoms with Gasteiger partial charge >= 0.3 is 0 Å². The second kappa shape index (κ2) is 4.91. The summed E-state index contributed by atoms with van der Waals surface area (Å²) in [5.74, 6) is -0.271. The van der Waals surface area contributed by atoms with Gasteiger partial charge in [0.05, 0.1) is 0 Å². The maximum Gasteiger partial charge on any atom is 0.126 e. The molecule has 0 saturated heterocycles. The van der Waals surface area contributed by atoms with Crippen molar-refractivity contribution < 1.29 is 8.78 Å². The van der Waals surface area contributed by atoms with Crippen LogP contribution in [0.1, 0.15) is 31.2 Å². The number of hydrogen-bond donors (Lipinski definition) is 1. The van der Waals surface area contributed by atoms with Crippen LogP contribution in [0.15, 0.2) is 18.2 Å². The zero-order valence-corrected chi connectivity index (χ0v) is 9.26. The molecule has 1 aromatic rings. The number of halogens is 2. The molecule has 88 valence electrons. The van der Waals surface area contributed by atoms with Crippen LogP contribution in [0.5, 0.6) is 0 Å². The van der Waals surface area contributed by atoms with Gasteiger partial charge in [-0.25, -0.2) is 8.78 Å². The van der Waals surface area contributed by atoms with Crippen molar-refractivity contribution in [3.8, 4) is 0 Å². The minimum absolute atomic E-state index is 0.0428. The highest BCUT2D eigenvalue weighted by Crippen LogP contribution is 2.28. The zero-order chi connectivity index (χ0) is 11.5. The third kappa shape index (κ3) is 2.59. The number of rotatable bonds is 3. The van der Waals surface area contributed by atoms with Gasteiger partial charge in [0.25, 0.3) is 0 Å². The zero-order valence-electron chi connectivity index (χ0n) is 9.26. The van der Waals surface area contributed by atoms with Gasteiger partial charge in [0, 0.05) is 6.04 Å². The van der Waals surface area contributed by atoms with Gasteiger partial charge in [-0.1, -0.05) is 12.8 Å². The fourth-order valence-corrected chi connectivity index (χ4v) is 2.51. The first-order valence-electron chi connectivity index (χ1n) is 5.86. The van der Waals surface area contributed by atoms with E-state index in [0.717, 1.165) is 18.9 Å². The lowest BCUT2D eigenvalue weighted by Gasteiger charge is -2.19. The van der Waals surface area contributed by atoms with Gasteiger partial charge in [-0.05, 0) is 48.9 Å². The summed E-state index contributed by atoms with van der Waals surface area (Å²) in [6, 6.07) is 3.52. The van der Waals surface area contributed by atoms with E-state index in [1.165, 1.54) is 25.0 Å². The van der Waals surface area contributed by atoms with Crippen LogP contribution >= 0.6 is 0 Å². The molecule has 2 rings (SSSR count). The molecular weight excluding hydrogens is 208 g/mol. The smallest absolute Gasteiger partial charge is 0.126 e. The van der Waals surface area contributed by atoms with Crippen LogP contribution in [-0.2, 0) is 6.42 Å². The van der Waals surface area contributed by atoms with E-state index < -0.39 is 5.82 Å². The summed E-state index contributed by atoms with van der Waals surface area (Å²) in [6.07, 6.45) is 5.11. The normalized spacial score (nSPS) is 18.9. The van der Waals surface area contributed by atoms with Gasteiger partial charge in [-0.2, -0.15) is 0 Å². The maximum atomic E-state index is 13.4. The predicted octanol–water partition coefficient (Wildman–Crippen LogP) is 3.02. The summed E-state index contributed by atoms with van der Waals surface area (Å²) < 4.78 is 26.4. The average molecular weight is 225 g/mol. The van der Waals surface area contributed by atoms with Crippen molar-refractivity contribution in [2.24, 2.45) is 11.7 Å². The number of nitrogens with two attached hydrogens (primary N) is 1. The SMILES string of the molecule is NC(Cc1cc(F)ccc1F)C1CCCC1. The Hall–Kier alpha value is -0.960. The lowest BCUT2D eigenvalue weighted by atomic mass is 9.93. The Morgan fingerprint density at radius 1 is 1.25 bits per heavy atom. The first-order chi connectivity index (χ1) is 7.66. The maximum absolute atomic E-state index is 13.4. The lowest BCUT2D eigenvalue weighted by Crippen LogP contribution is -2.31. The molecule has 1 fully saturated rings. The quantitative estimate of drug-likeness (QED) is 0.840. The molecule has 1 aliphatic rings. The van der Waals surface area contributed by atoms with E-state index in [1.54, 1.807) is 0 Å². The molecule has 3 heteroatoms. The number of hydrogen-bond acceptors (Lipinski definition) is 1. The molecule has 0 radical (unpaired) electrons. The molecule has 0 aliphatic heterocycles. The summed E-state index contributed by atoms with van der Waals surface area (Å²) in [5, 5.41) is 0. The molecule has 0 aromatic heterocycles. The molecule has 1 nitrogen and oxygen atoms in total. The third-order valence-electron chi connectivity index (χ3n) is 3.47. The van der Waals surface area contributed by atoms with E-state index in [4.69, 9.17) is 5.73 Å². The summed E-state index contributed by atoms with van der Waals surface area (Å²) in [6.45, 7) is 0. The first kappa shape index (κ1) is 11.5. The van der Waals surface area contributed by atoms with Crippen molar-refractivity contribution in [2.75, 3.05) is 0 Å². The fraction of sp³-hybridized carbons (Fsp3) is 0.538. The van der Waals surface area contributed by atoms with Crippen molar-refractivity contribution >= 4 is 0 Å². The minimum Gasteiger partial charge on any atom is -0.327 e. The Labute approximate surface area is 94.7 Å². The van der Waals surface area contributed by atoms with E-state index in [-0.39, 0.29) is 11.9 Å². The van der Waals surface area contributed by atoms with Crippen LogP contribution in [0.3, 0.4) is 0 Å². The van der Waals surface area contributed by atoms with Gasteiger partial charge in [-0.3, -0.25) is 0 Å². The van der Waals surface area contributed by atoms with Gasteiger partial charge in [0.1, 0.15) is 11.6 Å². The Bertz CT molecular complexity index is 359. The first-order valence-corrected chi connectivity index (χ1v) is 5.86. The van der Waals surface area contributed by atoms with Gasteiger partial charge < -0.3 is 5.73 Å². The molecule has 1 aliphatic carbocycles. The molecule has 0 spiro atoms. The monoisotopic (exact) mass is 225 g/mol. The van der Waals surface area contributed by atoms with E-state index in [0.29, 0.717) is 17.9 Å². The van der Waals surface area contributed by atoms with Crippen molar-refractivity contribution in [2.45, 2.75) is 38.1 Å². The van der Waals surface area contributed by atoms with Crippen LogP contribution in [-0.4, -0.2) is 6.04 Å². The summed E-state index contributed by atoms with van der Waals surface area (Å²) in [5.41, 5.74) is 6.44. The molecule has 2 N–H and O–H groups in total. The minimum atomic E-state index is -0.393. The van der Waals surface area contributed by atoms with Crippen molar-refractivity contribution in [3.05, 3.63) is 35.4 Å². The molecule has 0 heterocycles. The van der Waals surface area contributed by atoms with Crippen molar-refractivity contribution in [1.82, 2.24) is 0 Å². The van der Waals surface area contributed by atoms with Crippen LogP contribution in [0.2, 0.25) is 0 Å². The highest BCUT2D eigenvalue weighted by Gasteiger charge is 2.23. The third-order valence-corrected chi connectivity index (χ3v) is 3.47. The van der Waals surface area contributed by atoms with Gasteiger partial charge in [0.2, 0.25) is 0 Å². The van der Waals surface area contributed by atoms with Gasteiger partial charge in [-0.15, -0.1) is 0 Å². The topological polar surface area (TPSA) is 26.0 Å². The summed E-state index contributed by atoms with van der Waals surface area (Å²) in [7, 11) is 0. The average Bonchev–Trinajstić information content (AvgIpc) is 2.76. The molecule has 1 saturated carbocycles. The highest BCUT2D eigenvalue weighted by atomic mass is 19.1. The second-order valence-electron chi connectivity index (χ2n) is 4.65. The molecule has 1 unspecified atom stereocenters. The Morgan fingerprint density at radius 2 is 1.94 bits per heavy atom. The van der Waals surface area contributed by atoms with Crippen LogP contribution in [0, 0.1) is 17.6 Å². The molecule has 0 amide bonds. The van der Waals surface area contributed by atoms with Crippen LogP contribution in [0.25, 0.3) is 0 Å². The molecule has 0 bridgehead atoms. The summed E-state index contributed by atoms with van der Waals surface area (Å²) >= 11 is 0. The Balaban J connectivity index is 2.04. The van der Waals surface area contributed by atoms with E-state index in [9.17, 15) is 8.78 Å². The van der Waals surface area contributed by atoms with Crippen molar-refractivity contribution in [3.63, 3.8) is 0 Å². The predicted molar refractivity (Wildman–Crippen MR) is 60.0 cm³/mol. The van der Waals surface area contributed by atoms with Crippen LogP contribution in [0.4, 0.5) is 8.78 Å². The van der Waals surface area contributed by atoms with Crippen LogP contribution < -0.4 is 5.73 Å².